The molecule has 0 radical (unpaired) electrons. The van der Waals surface area contributed by atoms with E-state index in [1.54, 1.807) is 25.1 Å². The zero-order valence-electron chi connectivity index (χ0n) is 14.6. The Kier molecular flexibility index (Phi) is 7.85. The number of anilines is 1. The van der Waals surface area contributed by atoms with Gasteiger partial charge in [0.25, 0.3) is 0 Å². The maximum atomic E-state index is 12.0. The number of nitrogens with one attached hydrogen (secondary N) is 3. The van der Waals surface area contributed by atoms with E-state index in [1.807, 2.05) is 0 Å². The third-order valence-electron chi connectivity index (χ3n) is 3.28. The number of carbonyl (C=O) groups is 3. The SMILES string of the molecule is CCOC(=O)C(NC(N)=O)c1csc(NC(=O)NCc2ccc(Cl)c(Cl)c2)n1. The second-order valence-corrected chi connectivity index (χ2v) is 7.00. The van der Waals surface area contributed by atoms with E-state index in [-0.39, 0.29) is 24.0 Å². The second kappa shape index (κ2) is 10.1. The number of nitrogens with zero attached hydrogens (tertiary/aromatic N) is 1. The monoisotopic (exact) mass is 445 g/mol. The number of hydrogen-bond acceptors (Lipinski definition) is 6. The number of aromatic nitrogens is 1. The zero-order valence-corrected chi connectivity index (χ0v) is 17.0. The van der Waals surface area contributed by atoms with Crippen molar-refractivity contribution in [2.45, 2.75) is 19.5 Å². The average Bonchev–Trinajstić information content (AvgIpc) is 3.08. The first-order chi connectivity index (χ1) is 13.3. The highest BCUT2D eigenvalue weighted by Crippen LogP contribution is 2.23. The van der Waals surface area contributed by atoms with Crippen LogP contribution in [0.3, 0.4) is 0 Å². The van der Waals surface area contributed by atoms with Crippen molar-refractivity contribution in [3.8, 4) is 0 Å². The fourth-order valence-corrected chi connectivity index (χ4v) is 3.12. The lowest BCUT2D eigenvalue weighted by molar-refractivity contribution is -0.145. The van der Waals surface area contributed by atoms with Gasteiger partial charge in [0.2, 0.25) is 0 Å². The molecule has 28 heavy (non-hydrogen) atoms. The van der Waals surface area contributed by atoms with E-state index >= 15 is 0 Å². The van der Waals surface area contributed by atoms with E-state index in [2.05, 4.69) is 20.9 Å². The zero-order chi connectivity index (χ0) is 20.7. The van der Waals surface area contributed by atoms with Gasteiger partial charge < -0.3 is 21.1 Å². The Morgan fingerprint density at radius 1 is 1.29 bits per heavy atom. The van der Waals surface area contributed by atoms with E-state index in [0.29, 0.717) is 10.0 Å². The number of thiazole rings is 1. The number of primary amides is 1. The number of rotatable bonds is 7. The van der Waals surface area contributed by atoms with Crippen molar-refractivity contribution in [3.05, 3.63) is 44.9 Å². The van der Waals surface area contributed by atoms with Gasteiger partial charge >= 0.3 is 18.0 Å². The Labute approximate surface area is 174 Å². The van der Waals surface area contributed by atoms with Gasteiger partial charge in [0, 0.05) is 11.9 Å². The van der Waals surface area contributed by atoms with Crippen molar-refractivity contribution >= 4 is 57.7 Å². The van der Waals surface area contributed by atoms with Crippen LogP contribution < -0.4 is 21.7 Å². The van der Waals surface area contributed by atoms with E-state index in [1.165, 1.54) is 5.38 Å². The molecular formula is C16H17Cl2N5O4S. The molecule has 0 spiro atoms. The Balaban J connectivity index is 1.97. The lowest BCUT2D eigenvalue weighted by Gasteiger charge is -2.13. The number of hydrogen-bond donors (Lipinski definition) is 4. The van der Waals surface area contributed by atoms with E-state index in [4.69, 9.17) is 33.7 Å². The molecule has 4 amide bonds. The highest BCUT2D eigenvalue weighted by Gasteiger charge is 2.26. The second-order valence-electron chi connectivity index (χ2n) is 5.33. The minimum Gasteiger partial charge on any atom is -0.464 e. The predicted octanol–water partition coefficient (Wildman–Crippen LogP) is 3.04. The van der Waals surface area contributed by atoms with Crippen molar-refractivity contribution < 1.29 is 19.1 Å². The summed E-state index contributed by atoms with van der Waals surface area (Å²) in [4.78, 5) is 39.3. The van der Waals surface area contributed by atoms with Gasteiger partial charge in [-0.05, 0) is 24.6 Å². The molecule has 2 rings (SSSR count). The van der Waals surface area contributed by atoms with Gasteiger partial charge in [-0.1, -0.05) is 29.3 Å². The van der Waals surface area contributed by atoms with Gasteiger partial charge in [0.1, 0.15) is 0 Å². The first kappa shape index (κ1) is 21.7. The van der Waals surface area contributed by atoms with Crippen LogP contribution in [0.2, 0.25) is 10.0 Å². The molecule has 2 aromatic rings. The topological polar surface area (TPSA) is 135 Å². The molecule has 0 saturated carbocycles. The molecule has 0 saturated heterocycles. The van der Waals surface area contributed by atoms with Crippen molar-refractivity contribution in [2.24, 2.45) is 5.73 Å². The summed E-state index contributed by atoms with van der Waals surface area (Å²) in [7, 11) is 0. The summed E-state index contributed by atoms with van der Waals surface area (Å²) in [5, 5.41) is 9.98. The summed E-state index contributed by atoms with van der Waals surface area (Å²) in [6.45, 7) is 1.98. The van der Waals surface area contributed by atoms with Crippen LogP contribution in [-0.2, 0) is 16.1 Å². The Morgan fingerprint density at radius 2 is 2.04 bits per heavy atom. The van der Waals surface area contributed by atoms with Crippen LogP contribution in [0.1, 0.15) is 24.2 Å². The first-order valence-electron chi connectivity index (χ1n) is 7.97. The summed E-state index contributed by atoms with van der Waals surface area (Å²) in [5.41, 5.74) is 6.05. The molecule has 5 N–H and O–H groups in total. The molecule has 0 aliphatic rings. The number of nitrogens with two attached hydrogens (primary N) is 1. The summed E-state index contributed by atoms with van der Waals surface area (Å²) >= 11 is 12.8. The molecule has 1 aromatic heterocycles. The number of urea groups is 2. The van der Waals surface area contributed by atoms with Crippen molar-refractivity contribution in [2.75, 3.05) is 11.9 Å². The Hall–Kier alpha value is -2.56. The lowest BCUT2D eigenvalue weighted by atomic mass is 10.2. The van der Waals surface area contributed by atoms with Crippen LogP contribution in [0.5, 0.6) is 0 Å². The van der Waals surface area contributed by atoms with Crippen LogP contribution in [-0.4, -0.2) is 29.6 Å². The molecule has 0 aliphatic carbocycles. The molecule has 1 aromatic carbocycles. The van der Waals surface area contributed by atoms with Crippen LogP contribution in [0, 0.1) is 0 Å². The smallest absolute Gasteiger partial charge is 0.335 e. The van der Waals surface area contributed by atoms with Crippen molar-refractivity contribution in [1.82, 2.24) is 15.6 Å². The molecule has 0 fully saturated rings. The Bertz CT molecular complexity index is 876. The maximum Gasteiger partial charge on any atom is 0.335 e. The molecule has 0 bridgehead atoms. The predicted molar refractivity (Wildman–Crippen MR) is 107 cm³/mol. The largest absolute Gasteiger partial charge is 0.464 e. The highest BCUT2D eigenvalue weighted by atomic mass is 35.5. The fourth-order valence-electron chi connectivity index (χ4n) is 2.07. The summed E-state index contributed by atoms with van der Waals surface area (Å²) in [5.74, 6) is -0.706. The number of amides is 4. The average molecular weight is 446 g/mol. The van der Waals surface area contributed by atoms with Crippen molar-refractivity contribution in [1.29, 1.82) is 0 Å². The number of ether oxygens (including phenoxy) is 1. The molecular weight excluding hydrogens is 429 g/mol. The van der Waals surface area contributed by atoms with Gasteiger partial charge in [0.15, 0.2) is 11.2 Å². The molecule has 1 unspecified atom stereocenters. The quantitative estimate of drug-likeness (QED) is 0.485. The molecule has 1 heterocycles. The van der Waals surface area contributed by atoms with Crippen molar-refractivity contribution in [3.63, 3.8) is 0 Å². The molecule has 9 nitrogen and oxygen atoms in total. The summed E-state index contributed by atoms with van der Waals surface area (Å²) < 4.78 is 4.89. The van der Waals surface area contributed by atoms with Gasteiger partial charge in [-0.25, -0.2) is 19.4 Å². The normalized spacial score (nSPS) is 11.4. The number of carbonyl (C=O) groups excluding carboxylic acids is 3. The fraction of sp³-hybridized carbons (Fsp3) is 0.250. The number of benzene rings is 1. The van der Waals surface area contributed by atoms with E-state index in [0.717, 1.165) is 16.9 Å². The van der Waals surface area contributed by atoms with Gasteiger partial charge in [-0.15, -0.1) is 11.3 Å². The number of esters is 1. The van der Waals surface area contributed by atoms with Gasteiger partial charge in [0.05, 0.1) is 22.3 Å². The minimum absolute atomic E-state index is 0.127. The number of halogens is 2. The summed E-state index contributed by atoms with van der Waals surface area (Å²) in [6.07, 6.45) is 0. The maximum absolute atomic E-state index is 12.0. The third-order valence-corrected chi connectivity index (χ3v) is 4.80. The van der Waals surface area contributed by atoms with Crippen LogP contribution in [0.25, 0.3) is 0 Å². The van der Waals surface area contributed by atoms with E-state index < -0.39 is 24.1 Å². The first-order valence-corrected chi connectivity index (χ1v) is 9.60. The third kappa shape index (κ3) is 6.25. The molecule has 1 atom stereocenters. The lowest BCUT2D eigenvalue weighted by Crippen LogP contribution is -2.38. The van der Waals surface area contributed by atoms with Gasteiger partial charge in [-0.3, -0.25) is 5.32 Å². The molecule has 12 heteroatoms. The molecule has 0 aliphatic heterocycles. The highest BCUT2D eigenvalue weighted by molar-refractivity contribution is 7.13. The Morgan fingerprint density at radius 3 is 2.68 bits per heavy atom. The molecule has 150 valence electrons. The standard InChI is InChI=1S/C16H17Cl2N5O4S/c1-2-27-13(24)12(22-14(19)25)11-7-28-16(21-11)23-15(26)20-6-8-3-4-9(17)10(18)5-8/h3-5,7,12H,2,6H2,1H3,(H3,19,22,25)(H2,20,21,23,26). The van der Waals surface area contributed by atoms with E-state index in [9.17, 15) is 14.4 Å². The summed E-state index contributed by atoms with van der Waals surface area (Å²) in [6, 6.07) is 2.43. The van der Waals surface area contributed by atoms with Gasteiger partial charge in [-0.2, -0.15) is 0 Å². The minimum atomic E-state index is -1.16. The van der Waals surface area contributed by atoms with Crippen LogP contribution in [0.4, 0.5) is 14.7 Å². The van der Waals surface area contributed by atoms with Crippen LogP contribution >= 0.6 is 34.5 Å². The van der Waals surface area contributed by atoms with Crippen LogP contribution in [0.15, 0.2) is 23.6 Å².